The normalized spacial score (nSPS) is 16.7. The van der Waals surface area contributed by atoms with Gasteiger partial charge in [-0.2, -0.15) is 4.31 Å². The van der Waals surface area contributed by atoms with E-state index in [-0.39, 0.29) is 10.9 Å². The van der Waals surface area contributed by atoms with E-state index in [1.54, 1.807) is 14.1 Å². The molecule has 0 bridgehead atoms. The van der Waals surface area contributed by atoms with Gasteiger partial charge in [-0.3, -0.25) is 0 Å². The van der Waals surface area contributed by atoms with Gasteiger partial charge in [-0.1, -0.05) is 18.0 Å². The number of nitrogens with zero attached hydrogens (tertiary/aromatic N) is 2. The van der Waals surface area contributed by atoms with Crippen molar-refractivity contribution in [3.63, 3.8) is 0 Å². The maximum atomic E-state index is 12.3. The average Bonchev–Trinajstić information content (AvgIpc) is 2.26. The van der Waals surface area contributed by atoms with Crippen molar-refractivity contribution in [3.05, 3.63) is 17.3 Å². The van der Waals surface area contributed by atoms with Gasteiger partial charge in [-0.25, -0.2) is 13.4 Å². The summed E-state index contributed by atoms with van der Waals surface area (Å²) in [4.78, 5) is 4.14. The summed E-state index contributed by atoms with van der Waals surface area (Å²) in [6, 6.07) is 1.54. The first-order valence-electron chi connectivity index (χ1n) is 5.78. The van der Waals surface area contributed by atoms with Gasteiger partial charge in [0.1, 0.15) is 10.7 Å². The maximum absolute atomic E-state index is 12.3. The second-order valence-electron chi connectivity index (χ2n) is 4.36. The molecule has 0 amide bonds. The number of rotatable bonds is 4. The van der Waals surface area contributed by atoms with E-state index in [2.05, 4.69) is 10.3 Å². The fourth-order valence-electron chi connectivity index (χ4n) is 1.86. The molecule has 1 fully saturated rings. The molecule has 2 rings (SSSR count). The van der Waals surface area contributed by atoms with Gasteiger partial charge in [0.2, 0.25) is 10.0 Å². The van der Waals surface area contributed by atoms with Crippen molar-refractivity contribution in [2.45, 2.75) is 30.2 Å². The molecule has 0 saturated heterocycles. The van der Waals surface area contributed by atoms with Gasteiger partial charge in [0.15, 0.2) is 0 Å². The van der Waals surface area contributed by atoms with E-state index >= 15 is 0 Å². The van der Waals surface area contributed by atoms with E-state index < -0.39 is 10.0 Å². The van der Waals surface area contributed by atoms with Crippen molar-refractivity contribution >= 4 is 27.4 Å². The van der Waals surface area contributed by atoms with Gasteiger partial charge in [-0.15, -0.1) is 0 Å². The molecule has 0 aromatic carbocycles. The molecule has 0 aliphatic heterocycles. The number of aromatic nitrogens is 1. The lowest BCUT2D eigenvalue weighted by Crippen LogP contribution is -2.41. The van der Waals surface area contributed by atoms with Gasteiger partial charge in [0.25, 0.3) is 0 Å². The van der Waals surface area contributed by atoms with Crippen molar-refractivity contribution in [3.8, 4) is 0 Å². The van der Waals surface area contributed by atoms with Crippen LogP contribution >= 0.6 is 11.6 Å². The van der Waals surface area contributed by atoms with E-state index in [4.69, 9.17) is 11.6 Å². The molecule has 5 nitrogen and oxygen atoms in total. The number of hydrogen-bond donors (Lipinski definition) is 1. The Morgan fingerprint density at radius 2 is 2.17 bits per heavy atom. The van der Waals surface area contributed by atoms with E-state index in [1.807, 2.05) is 0 Å². The van der Waals surface area contributed by atoms with Crippen molar-refractivity contribution in [1.82, 2.24) is 9.29 Å². The monoisotopic (exact) mass is 289 g/mol. The zero-order valence-electron chi connectivity index (χ0n) is 10.4. The Kier molecular flexibility index (Phi) is 3.79. The van der Waals surface area contributed by atoms with Crippen LogP contribution in [0.15, 0.2) is 17.2 Å². The van der Waals surface area contributed by atoms with Crippen molar-refractivity contribution in [2.24, 2.45) is 0 Å². The van der Waals surface area contributed by atoms with E-state index in [0.717, 1.165) is 19.3 Å². The molecule has 1 aliphatic rings. The maximum Gasteiger partial charge on any atom is 0.244 e. The number of pyridine rings is 1. The summed E-state index contributed by atoms with van der Waals surface area (Å²) in [5, 5.41) is 3.10. The highest BCUT2D eigenvalue weighted by molar-refractivity contribution is 7.89. The lowest BCUT2D eigenvalue weighted by Gasteiger charge is -2.33. The highest BCUT2D eigenvalue weighted by Gasteiger charge is 2.32. The number of halogens is 1. The van der Waals surface area contributed by atoms with Gasteiger partial charge >= 0.3 is 0 Å². The van der Waals surface area contributed by atoms with E-state index in [0.29, 0.717) is 10.8 Å². The minimum absolute atomic E-state index is 0.109. The molecule has 0 unspecified atom stereocenters. The van der Waals surface area contributed by atoms with Crippen LogP contribution in [-0.2, 0) is 10.0 Å². The number of sulfonamides is 1. The highest BCUT2D eigenvalue weighted by atomic mass is 35.5. The molecule has 1 aliphatic carbocycles. The summed E-state index contributed by atoms with van der Waals surface area (Å²) in [6.07, 6.45) is 4.27. The minimum atomic E-state index is -3.49. The Balaban J connectivity index is 2.31. The second kappa shape index (κ2) is 5.03. The second-order valence-corrected chi connectivity index (χ2v) is 6.76. The molecule has 1 saturated carbocycles. The van der Waals surface area contributed by atoms with E-state index in [9.17, 15) is 8.42 Å². The Bertz CT molecular complexity index is 543. The molecule has 18 heavy (non-hydrogen) atoms. The van der Waals surface area contributed by atoms with Crippen LogP contribution in [0.25, 0.3) is 0 Å². The number of nitrogens with one attached hydrogen (secondary N) is 1. The lowest BCUT2D eigenvalue weighted by atomic mass is 9.94. The summed E-state index contributed by atoms with van der Waals surface area (Å²) in [6.45, 7) is 0. The third-order valence-corrected chi connectivity index (χ3v) is 5.48. The standard InChI is InChI=1S/C11H16ClN3O2S/c1-13-11-10(12)6-9(7-14-11)18(16,17)15(2)8-4-3-5-8/h6-8H,3-5H2,1-2H3,(H,13,14). The first-order chi connectivity index (χ1) is 8.46. The van der Waals surface area contributed by atoms with Crippen LogP contribution in [0.4, 0.5) is 5.82 Å². The fraction of sp³-hybridized carbons (Fsp3) is 0.545. The molecule has 0 radical (unpaired) electrons. The predicted octanol–water partition coefficient (Wildman–Crippen LogP) is 1.95. The largest absolute Gasteiger partial charge is 0.372 e. The zero-order chi connectivity index (χ0) is 13.3. The van der Waals surface area contributed by atoms with Gasteiger partial charge in [0, 0.05) is 26.3 Å². The lowest BCUT2D eigenvalue weighted by molar-refractivity contribution is 0.249. The molecular weight excluding hydrogens is 274 g/mol. The third-order valence-electron chi connectivity index (χ3n) is 3.32. The Morgan fingerprint density at radius 1 is 1.50 bits per heavy atom. The predicted molar refractivity (Wildman–Crippen MR) is 71.4 cm³/mol. The van der Waals surface area contributed by atoms with Crippen LogP contribution in [0.3, 0.4) is 0 Å². The van der Waals surface area contributed by atoms with Crippen LogP contribution in [0.2, 0.25) is 5.02 Å². The molecule has 1 aromatic heterocycles. The molecular formula is C11H16ClN3O2S. The van der Waals surface area contributed by atoms with Gasteiger partial charge in [-0.05, 0) is 18.9 Å². The van der Waals surface area contributed by atoms with Crippen LogP contribution in [-0.4, -0.2) is 37.8 Å². The van der Waals surface area contributed by atoms with Crippen LogP contribution in [0.1, 0.15) is 19.3 Å². The molecule has 7 heteroatoms. The highest BCUT2D eigenvalue weighted by Crippen LogP contribution is 2.30. The Morgan fingerprint density at radius 3 is 2.61 bits per heavy atom. The summed E-state index contributed by atoms with van der Waals surface area (Å²) in [7, 11) is -0.194. The smallest absolute Gasteiger partial charge is 0.244 e. The topological polar surface area (TPSA) is 62.3 Å². The van der Waals surface area contributed by atoms with Crippen LogP contribution in [0, 0.1) is 0 Å². The van der Waals surface area contributed by atoms with Crippen molar-refractivity contribution < 1.29 is 8.42 Å². The van der Waals surface area contributed by atoms with Crippen LogP contribution in [0.5, 0.6) is 0 Å². The first kappa shape index (κ1) is 13.6. The SMILES string of the molecule is CNc1ncc(S(=O)(=O)N(C)C2CCC2)cc1Cl. The molecule has 0 atom stereocenters. The molecule has 1 heterocycles. The Labute approximate surface area is 112 Å². The van der Waals surface area contributed by atoms with E-state index in [1.165, 1.54) is 16.6 Å². The van der Waals surface area contributed by atoms with Crippen molar-refractivity contribution in [1.29, 1.82) is 0 Å². The van der Waals surface area contributed by atoms with Gasteiger partial charge < -0.3 is 5.32 Å². The fourth-order valence-corrected chi connectivity index (χ4v) is 3.57. The average molecular weight is 290 g/mol. The molecule has 100 valence electrons. The summed E-state index contributed by atoms with van der Waals surface area (Å²) in [5.41, 5.74) is 0. The third kappa shape index (κ3) is 2.32. The minimum Gasteiger partial charge on any atom is -0.372 e. The molecule has 1 N–H and O–H groups in total. The molecule has 1 aromatic rings. The summed E-state index contributed by atoms with van der Waals surface area (Å²) >= 11 is 5.96. The van der Waals surface area contributed by atoms with Crippen LogP contribution < -0.4 is 5.32 Å². The summed E-state index contributed by atoms with van der Waals surface area (Å²) in [5.74, 6) is 0.474. The molecule has 0 spiro atoms. The summed E-state index contributed by atoms with van der Waals surface area (Å²) < 4.78 is 26.1. The van der Waals surface area contributed by atoms with Gasteiger partial charge in [0.05, 0.1) is 5.02 Å². The first-order valence-corrected chi connectivity index (χ1v) is 7.60. The Hall–Kier alpha value is -0.850. The number of anilines is 1. The van der Waals surface area contributed by atoms with Crippen molar-refractivity contribution in [2.75, 3.05) is 19.4 Å². The zero-order valence-corrected chi connectivity index (χ0v) is 11.9. The number of hydrogen-bond acceptors (Lipinski definition) is 4. The quantitative estimate of drug-likeness (QED) is 0.920.